The van der Waals surface area contributed by atoms with Gasteiger partial charge in [-0.25, -0.2) is 0 Å². The van der Waals surface area contributed by atoms with Crippen molar-refractivity contribution in [3.63, 3.8) is 0 Å². The Morgan fingerprint density at radius 1 is 1.45 bits per heavy atom. The fraction of sp³-hybridized carbons (Fsp3) is 0.875. The van der Waals surface area contributed by atoms with E-state index in [-0.39, 0.29) is 5.04 Å². The Hall–Kier alpha value is -0.333. The lowest BCUT2D eigenvalue weighted by Gasteiger charge is -2.29. The van der Waals surface area contributed by atoms with Crippen LogP contribution in [-0.4, -0.2) is 15.6 Å². The molecule has 11 heavy (non-hydrogen) atoms. The largest absolute Gasteiger partial charge is 0.418 e. The van der Waals surface area contributed by atoms with Crippen molar-refractivity contribution < 1.29 is 4.43 Å². The molecule has 0 bridgehead atoms. The summed E-state index contributed by atoms with van der Waals surface area (Å²) in [5.74, 6) is 0. The summed E-state index contributed by atoms with van der Waals surface area (Å²) in [5.41, 5.74) is 0. The SMILES string of the molecule is CC(C)(C#N)[SiH]1CCCCO1. The molecule has 1 saturated heterocycles. The molecule has 0 aliphatic carbocycles. The smallest absolute Gasteiger partial charge is 0.196 e. The number of hydrogen-bond acceptors (Lipinski definition) is 2. The zero-order chi connectivity index (χ0) is 8.32. The molecule has 1 fully saturated rings. The summed E-state index contributed by atoms with van der Waals surface area (Å²) in [5, 5.41) is 8.68. The normalized spacial score (nSPS) is 26.1. The first-order valence-corrected chi connectivity index (χ1v) is 6.06. The van der Waals surface area contributed by atoms with Crippen LogP contribution in [0.5, 0.6) is 0 Å². The van der Waals surface area contributed by atoms with Crippen LogP contribution in [0.2, 0.25) is 11.1 Å². The molecule has 2 nitrogen and oxygen atoms in total. The second kappa shape index (κ2) is 3.38. The van der Waals surface area contributed by atoms with Gasteiger partial charge in [0, 0.05) is 6.61 Å². The van der Waals surface area contributed by atoms with Crippen LogP contribution in [0, 0.1) is 11.3 Å². The van der Waals surface area contributed by atoms with Crippen LogP contribution in [0.4, 0.5) is 0 Å². The van der Waals surface area contributed by atoms with Gasteiger partial charge in [-0.1, -0.05) is 6.42 Å². The average molecular weight is 169 g/mol. The van der Waals surface area contributed by atoms with Crippen LogP contribution in [0.1, 0.15) is 26.7 Å². The minimum Gasteiger partial charge on any atom is -0.418 e. The van der Waals surface area contributed by atoms with Crippen molar-refractivity contribution in [2.75, 3.05) is 6.61 Å². The molecule has 0 amide bonds. The summed E-state index contributed by atoms with van der Waals surface area (Å²) in [7, 11) is -1.20. The van der Waals surface area contributed by atoms with Crippen LogP contribution in [-0.2, 0) is 4.43 Å². The maximum absolute atomic E-state index is 8.85. The molecule has 62 valence electrons. The highest BCUT2D eigenvalue weighted by atomic mass is 28.3. The molecule has 1 heterocycles. The Kier molecular flexibility index (Phi) is 2.69. The third-order valence-corrected chi connectivity index (χ3v) is 5.58. The van der Waals surface area contributed by atoms with Gasteiger partial charge < -0.3 is 4.43 Å². The standard InChI is InChI=1S/C8H15NOSi/c1-8(2,7-9)11-6-4-3-5-10-11/h11H,3-6H2,1-2H3. The Bertz CT molecular complexity index is 167. The van der Waals surface area contributed by atoms with E-state index in [1.54, 1.807) is 0 Å². The second-order valence-electron chi connectivity index (χ2n) is 3.69. The molecule has 0 spiro atoms. The Labute approximate surface area is 69.9 Å². The third kappa shape index (κ3) is 2.05. The maximum Gasteiger partial charge on any atom is 0.196 e. The molecule has 0 radical (unpaired) electrons. The molecule has 1 rings (SSSR count). The monoisotopic (exact) mass is 169 g/mol. The fourth-order valence-electron chi connectivity index (χ4n) is 1.38. The first kappa shape index (κ1) is 8.76. The van der Waals surface area contributed by atoms with Gasteiger partial charge in [0.25, 0.3) is 0 Å². The fourth-order valence-corrected chi connectivity index (χ4v) is 3.94. The number of rotatable bonds is 1. The van der Waals surface area contributed by atoms with Crippen LogP contribution >= 0.6 is 0 Å². The highest BCUT2D eigenvalue weighted by Gasteiger charge is 2.33. The van der Waals surface area contributed by atoms with Gasteiger partial charge >= 0.3 is 0 Å². The van der Waals surface area contributed by atoms with Crippen molar-refractivity contribution >= 4 is 9.04 Å². The first-order chi connectivity index (χ1) is 5.17. The zero-order valence-corrected chi connectivity index (χ0v) is 8.42. The van der Waals surface area contributed by atoms with Gasteiger partial charge in [0.05, 0.1) is 11.1 Å². The van der Waals surface area contributed by atoms with E-state index in [9.17, 15) is 0 Å². The van der Waals surface area contributed by atoms with Gasteiger partial charge in [0.15, 0.2) is 9.04 Å². The summed E-state index contributed by atoms with van der Waals surface area (Å²) >= 11 is 0. The number of nitriles is 1. The van der Waals surface area contributed by atoms with E-state index in [1.807, 2.05) is 13.8 Å². The Morgan fingerprint density at radius 3 is 2.64 bits per heavy atom. The van der Waals surface area contributed by atoms with Gasteiger partial charge in [-0.05, 0) is 26.3 Å². The molecule has 0 N–H and O–H groups in total. The van der Waals surface area contributed by atoms with Gasteiger partial charge in [-0.2, -0.15) is 5.26 Å². The molecule has 1 aliphatic rings. The Balaban J connectivity index is 2.52. The minimum atomic E-state index is -1.20. The van der Waals surface area contributed by atoms with E-state index < -0.39 is 9.04 Å². The molecule has 0 saturated carbocycles. The molecule has 0 aromatic rings. The van der Waals surface area contributed by atoms with Crippen molar-refractivity contribution in [3.05, 3.63) is 0 Å². The Morgan fingerprint density at radius 2 is 2.18 bits per heavy atom. The summed E-state index contributed by atoms with van der Waals surface area (Å²) in [6.07, 6.45) is 2.45. The molecule has 3 heteroatoms. The van der Waals surface area contributed by atoms with Gasteiger partial charge in [0.2, 0.25) is 0 Å². The summed E-state index contributed by atoms with van der Waals surface area (Å²) in [6.45, 7) is 4.91. The second-order valence-corrected chi connectivity index (χ2v) is 7.02. The van der Waals surface area contributed by atoms with Crippen molar-refractivity contribution in [2.45, 2.75) is 37.8 Å². The van der Waals surface area contributed by atoms with E-state index in [2.05, 4.69) is 6.07 Å². The summed E-state index contributed by atoms with van der Waals surface area (Å²) < 4.78 is 5.65. The van der Waals surface area contributed by atoms with Crippen molar-refractivity contribution in [1.29, 1.82) is 5.26 Å². The quantitative estimate of drug-likeness (QED) is 0.561. The van der Waals surface area contributed by atoms with E-state index in [1.165, 1.54) is 18.9 Å². The van der Waals surface area contributed by atoms with Crippen molar-refractivity contribution in [1.82, 2.24) is 0 Å². The van der Waals surface area contributed by atoms with Crippen LogP contribution in [0.25, 0.3) is 0 Å². The van der Waals surface area contributed by atoms with E-state index >= 15 is 0 Å². The maximum atomic E-state index is 8.85. The molecule has 1 atom stereocenters. The molecular weight excluding hydrogens is 154 g/mol. The minimum absolute atomic E-state index is 0.166. The average Bonchev–Trinajstić information content (AvgIpc) is 2.06. The predicted molar refractivity (Wildman–Crippen MR) is 46.8 cm³/mol. The van der Waals surface area contributed by atoms with Crippen LogP contribution in [0.3, 0.4) is 0 Å². The molecule has 1 aliphatic heterocycles. The third-order valence-electron chi connectivity index (χ3n) is 2.27. The highest BCUT2D eigenvalue weighted by Crippen LogP contribution is 2.32. The molecule has 0 aromatic carbocycles. The summed E-state index contributed by atoms with van der Waals surface area (Å²) in [6, 6.07) is 3.53. The van der Waals surface area contributed by atoms with Gasteiger partial charge in [-0.15, -0.1) is 0 Å². The lowest BCUT2D eigenvalue weighted by molar-refractivity contribution is 0.275. The first-order valence-electron chi connectivity index (χ1n) is 4.19. The summed E-state index contributed by atoms with van der Waals surface area (Å²) in [4.78, 5) is 0. The lowest BCUT2D eigenvalue weighted by atomic mass is 10.2. The van der Waals surface area contributed by atoms with E-state index in [0.717, 1.165) is 6.61 Å². The van der Waals surface area contributed by atoms with E-state index in [4.69, 9.17) is 9.69 Å². The van der Waals surface area contributed by atoms with Crippen molar-refractivity contribution in [3.8, 4) is 6.07 Å². The highest BCUT2D eigenvalue weighted by molar-refractivity contribution is 6.56. The van der Waals surface area contributed by atoms with Crippen LogP contribution in [0.15, 0.2) is 0 Å². The molecular formula is C8H15NOSi. The van der Waals surface area contributed by atoms with Gasteiger partial charge in [0.1, 0.15) is 0 Å². The van der Waals surface area contributed by atoms with E-state index in [0.29, 0.717) is 0 Å². The number of hydrogen-bond donors (Lipinski definition) is 0. The van der Waals surface area contributed by atoms with Crippen LogP contribution < -0.4 is 0 Å². The zero-order valence-electron chi connectivity index (χ0n) is 7.26. The van der Waals surface area contributed by atoms with Crippen molar-refractivity contribution in [2.24, 2.45) is 0 Å². The molecule has 1 unspecified atom stereocenters. The lowest BCUT2D eigenvalue weighted by Crippen LogP contribution is -2.33. The van der Waals surface area contributed by atoms with Gasteiger partial charge in [-0.3, -0.25) is 0 Å². The predicted octanol–water partition coefficient (Wildman–Crippen LogP) is 1.82. The number of nitrogens with zero attached hydrogens (tertiary/aromatic N) is 1. The molecule has 0 aromatic heterocycles. The topological polar surface area (TPSA) is 33.0 Å².